The highest BCUT2D eigenvalue weighted by molar-refractivity contribution is 7.91. The molecule has 0 bridgehead atoms. The second kappa shape index (κ2) is 5.67. The van der Waals surface area contributed by atoms with Crippen molar-refractivity contribution in [3.8, 4) is 0 Å². The Bertz CT molecular complexity index is 496. The van der Waals surface area contributed by atoms with E-state index in [2.05, 4.69) is 5.32 Å². The Hall–Kier alpha value is -1.56. The lowest BCUT2D eigenvalue weighted by Crippen LogP contribution is -2.15. The maximum absolute atomic E-state index is 11.9. The number of aliphatic carboxylic acids is 1. The van der Waals surface area contributed by atoms with Crippen molar-refractivity contribution in [3.05, 3.63) is 24.3 Å². The van der Waals surface area contributed by atoms with Crippen molar-refractivity contribution in [2.24, 2.45) is 0 Å². The van der Waals surface area contributed by atoms with Crippen LogP contribution in [0.4, 0.5) is 5.69 Å². The third kappa shape index (κ3) is 3.74. The SMILES string of the molecule is CCCS(=O)(=O)c1ccccc1NCC(=O)O. The monoisotopic (exact) mass is 257 g/mol. The highest BCUT2D eigenvalue weighted by Crippen LogP contribution is 2.22. The first-order valence-electron chi connectivity index (χ1n) is 5.25. The smallest absolute Gasteiger partial charge is 0.322 e. The van der Waals surface area contributed by atoms with E-state index in [1.165, 1.54) is 6.07 Å². The molecular weight excluding hydrogens is 242 g/mol. The summed E-state index contributed by atoms with van der Waals surface area (Å²) in [6.45, 7) is 1.48. The van der Waals surface area contributed by atoms with Gasteiger partial charge in [0, 0.05) is 0 Å². The van der Waals surface area contributed by atoms with E-state index in [1.807, 2.05) is 0 Å². The van der Waals surface area contributed by atoms with Crippen LogP contribution < -0.4 is 5.32 Å². The quantitative estimate of drug-likeness (QED) is 0.804. The van der Waals surface area contributed by atoms with Gasteiger partial charge in [0.15, 0.2) is 9.84 Å². The molecule has 0 heterocycles. The van der Waals surface area contributed by atoms with Crippen molar-refractivity contribution in [2.45, 2.75) is 18.2 Å². The molecule has 1 rings (SSSR count). The van der Waals surface area contributed by atoms with Gasteiger partial charge in [-0.3, -0.25) is 4.79 Å². The summed E-state index contributed by atoms with van der Waals surface area (Å²) in [7, 11) is -3.34. The fraction of sp³-hybridized carbons (Fsp3) is 0.364. The standard InChI is InChI=1S/C11H15NO4S/c1-2-7-17(15,16)10-6-4-3-5-9(10)12-8-11(13)14/h3-6,12H,2,7-8H2,1H3,(H,13,14). The minimum Gasteiger partial charge on any atom is -0.480 e. The molecule has 0 aliphatic rings. The van der Waals surface area contributed by atoms with Gasteiger partial charge in [-0.15, -0.1) is 0 Å². The number of rotatable bonds is 6. The molecule has 0 aromatic heterocycles. The highest BCUT2D eigenvalue weighted by atomic mass is 32.2. The Balaban J connectivity index is 3.03. The molecule has 0 unspecified atom stereocenters. The van der Waals surface area contributed by atoms with Crippen LogP contribution in [0, 0.1) is 0 Å². The van der Waals surface area contributed by atoms with Crippen LogP contribution in [0.2, 0.25) is 0 Å². The molecule has 1 aromatic carbocycles. The van der Waals surface area contributed by atoms with E-state index in [0.717, 1.165) is 0 Å². The van der Waals surface area contributed by atoms with Crippen molar-refractivity contribution in [2.75, 3.05) is 17.6 Å². The molecule has 17 heavy (non-hydrogen) atoms. The number of sulfone groups is 1. The molecule has 94 valence electrons. The number of carbonyl (C=O) groups is 1. The third-order valence-electron chi connectivity index (χ3n) is 2.13. The maximum Gasteiger partial charge on any atom is 0.322 e. The van der Waals surface area contributed by atoms with Crippen molar-refractivity contribution in [1.82, 2.24) is 0 Å². The van der Waals surface area contributed by atoms with Gasteiger partial charge in [-0.05, 0) is 18.6 Å². The van der Waals surface area contributed by atoms with Crippen LogP contribution in [-0.2, 0) is 14.6 Å². The number of anilines is 1. The molecule has 0 spiro atoms. The van der Waals surface area contributed by atoms with Gasteiger partial charge in [-0.25, -0.2) is 8.42 Å². The van der Waals surface area contributed by atoms with Gasteiger partial charge in [0.2, 0.25) is 0 Å². The van der Waals surface area contributed by atoms with Crippen LogP contribution in [0.3, 0.4) is 0 Å². The first-order chi connectivity index (χ1) is 7.97. The van der Waals surface area contributed by atoms with E-state index in [9.17, 15) is 13.2 Å². The van der Waals surface area contributed by atoms with Crippen molar-refractivity contribution in [1.29, 1.82) is 0 Å². The zero-order valence-electron chi connectivity index (χ0n) is 9.51. The van der Waals surface area contributed by atoms with Crippen LogP contribution in [0.1, 0.15) is 13.3 Å². The molecular formula is C11H15NO4S. The molecule has 0 fully saturated rings. The molecule has 1 aromatic rings. The van der Waals surface area contributed by atoms with Gasteiger partial charge in [0.05, 0.1) is 16.3 Å². The number of hydrogen-bond donors (Lipinski definition) is 2. The molecule has 0 amide bonds. The molecule has 0 aliphatic carbocycles. The molecule has 0 saturated heterocycles. The normalized spacial score (nSPS) is 11.1. The summed E-state index contributed by atoms with van der Waals surface area (Å²) in [4.78, 5) is 10.6. The molecule has 6 heteroatoms. The van der Waals surface area contributed by atoms with Gasteiger partial charge < -0.3 is 10.4 Å². The molecule has 5 nitrogen and oxygen atoms in total. The zero-order valence-corrected chi connectivity index (χ0v) is 10.3. The van der Waals surface area contributed by atoms with E-state index in [-0.39, 0.29) is 17.2 Å². The summed E-state index contributed by atoms with van der Waals surface area (Å²) in [5.74, 6) is -0.980. The minimum absolute atomic E-state index is 0.0543. The Morgan fingerprint density at radius 2 is 2.00 bits per heavy atom. The largest absolute Gasteiger partial charge is 0.480 e. The Kier molecular flexibility index (Phi) is 4.51. The lowest BCUT2D eigenvalue weighted by molar-refractivity contribution is -0.134. The van der Waals surface area contributed by atoms with Crippen molar-refractivity contribution < 1.29 is 18.3 Å². The van der Waals surface area contributed by atoms with E-state index >= 15 is 0 Å². The van der Waals surface area contributed by atoms with Crippen LogP contribution in [0.25, 0.3) is 0 Å². The third-order valence-corrected chi connectivity index (χ3v) is 4.10. The van der Waals surface area contributed by atoms with E-state index in [1.54, 1.807) is 25.1 Å². The first kappa shape index (κ1) is 13.5. The first-order valence-corrected chi connectivity index (χ1v) is 6.90. The molecule has 2 N–H and O–H groups in total. The van der Waals surface area contributed by atoms with Gasteiger partial charge in [-0.2, -0.15) is 0 Å². The predicted molar refractivity (Wildman–Crippen MR) is 64.9 cm³/mol. The fourth-order valence-electron chi connectivity index (χ4n) is 1.43. The fourth-order valence-corrected chi connectivity index (χ4v) is 2.95. The van der Waals surface area contributed by atoms with Crippen LogP contribution in [0.5, 0.6) is 0 Å². The lowest BCUT2D eigenvalue weighted by Gasteiger charge is -2.10. The van der Waals surface area contributed by atoms with E-state index in [4.69, 9.17) is 5.11 Å². The summed E-state index contributed by atoms with van der Waals surface area (Å²) in [5.41, 5.74) is 0.336. The van der Waals surface area contributed by atoms with Crippen molar-refractivity contribution in [3.63, 3.8) is 0 Å². The number of nitrogens with one attached hydrogen (secondary N) is 1. The molecule has 0 atom stereocenters. The van der Waals surface area contributed by atoms with Gasteiger partial charge in [0.25, 0.3) is 0 Å². The van der Waals surface area contributed by atoms with Gasteiger partial charge in [0.1, 0.15) is 6.54 Å². The summed E-state index contributed by atoms with van der Waals surface area (Å²) < 4.78 is 23.8. The number of carboxylic acid groups (broad SMARTS) is 1. The van der Waals surface area contributed by atoms with Crippen LogP contribution in [-0.4, -0.2) is 31.8 Å². The summed E-state index contributed by atoms with van der Waals surface area (Å²) in [6.07, 6.45) is 0.523. The van der Waals surface area contributed by atoms with E-state index in [0.29, 0.717) is 12.1 Å². The van der Waals surface area contributed by atoms with Gasteiger partial charge >= 0.3 is 5.97 Å². The van der Waals surface area contributed by atoms with Gasteiger partial charge in [-0.1, -0.05) is 19.1 Å². The predicted octanol–water partition coefficient (Wildman–Crippen LogP) is 1.37. The molecule has 0 aliphatic heterocycles. The number of benzene rings is 1. The Morgan fingerprint density at radius 1 is 1.35 bits per heavy atom. The Morgan fingerprint density at radius 3 is 2.59 bits per heavy atom. The lowest BCUT2D eigenvalue weighted by atomic mass is 10.3. The average molecular weight is 257 g/mol. The van der Waals surface area contributed by atoms with Crippen LogP contribution in [0.15, 0.2) is 29.2 Å². The molecule has 0 saturated carbocycles. The van der Waals surface area contributed by atoms with E-state index < -0.39 is 15.8 Å². The second-order valence-corrected chi connectivity index (χ2v) is 5.64. The Labute approximate surface area is 100 Å². The average Bonchev–Trinajstić information content (AvgIpc) is 2.26. The van der Waals surface area contributed by atoms with Crippen molar-refractivity contribution >= 4 is 21.5 Å². The highest BCUT2D eigenvalue weighted by Gasteiger charge is 2.17. The molecule has 0 radical (unpaired) electrons. The number of carboxylic acids is 1. The minimum atomic E-state index is -3.34. The summed E-state index contributed by atoms with van der Waals surface area (Å²) in [6, 6.07) is 6.32. The summed E-state index contributed by atoms with van der Waals surface area (Å²) >= 11 is 0. The second-order valence-electron chi connectivity index (χ2n) is 3.56. The van der Waals surface area contributed by atoms with Crippen LogP contribution >= 0.6 is 0 Å². The maximum atomic E-state index is 11.9. The number of para-hydroxylation sites is 1. The number of hydrogen-bond acceptors (Lipinski definition) is 4. The zero-order chi connectivity index (χ0) is 12.9. The topological polar surface area (TPSA) is 83.5 Å². The summed E-state index contributed by atoms with van der Waals surface area (Å²) in [5, 5.41) is 11.2.